The standard InChI is InChI=1S/C8H9B.3Y/c1-6-3-4-8(9)5-7(6)2;;;/h3-5H,1-2H3;;;. The summed E-state index contributed by atoms with van der Waals surface area (Å²) in [5.41, 5.74) is 3.40. The van der Waals surface area contributed by atoms with Gasteiger partial charge in [-0.25, -0.2) is 0 Å². The fraction of sp³-hybridized carbons (Fsp3) is 0.250. The number of hydrogen-bond acceptors (Lipinski definition) is 0. The van der Waals surface area contributed by atoms with Crippen LogP contribution in [0, 0.1) is 13.8 Å². The Balaban J connectivity index is -0.000000270. The number of aryl methyl sites for hydroxylation is 2. The molecule has 0 saturated carbocycles. The predicted molar refractivity (Wildman–Crippen MR) is 41.3 cm³/mol. The average molecular weight is 383 g/mol. The molecule has 0 spiro atoms. The van der Waals surface area contributed by atoms with E-state index in [0.717, 1.165) is 5.46 Å². The van der Waals surface area contributed by atoms with Crippen molar-refractivity contribution in [3.8, 4) is 0 Å². The molecule has 0 aliphatic rings. The molecular weight excluding hydrogens is 374 g/mol. The number of hydrogen-bond donors (Lipinski definition) is 0. The van der Waals surface area contributed by atoms with Crippen molar-refractivity contribution in [3.05, 3.63) is 29.3 Å². The van der Waals surface area contributed by atoms with Crippen LogP contribution in [0.25, 0.3) is 0 Å². The quantitative estimate of drug-likeness (QED) is 0.589. The van der Waals surface area contributed by atoms with E-state index in [1.165, 1.54) is 11.1 Å². The van der Waals surface area contributed by atoms with Crippen molar-refractivity contribution in [1.82, 2.24) is 0 Å². The van der Waals surface area contributed by atoms with Crippen molar-refractivity contribution >= 4 is 13.3 Å². The fourth-order valence-corrected chi connectivity index (χ4v) is 0.765. The monoisotopic (exact) mass is 383 g/mol. The molecule has 53 valence electrons. The molecule has 1 aromatic carbocycles. The zero-order chi connectivity index (χ0) is 6.85. The first-order valence-corrected chi connectivity index (χ1v) is 3.03. The topological polar surface area (TPSA) is 0 Å². The van der Waals surface area contributed by atoms with Crippen LogP contribution in [0.3, 0.4) is 0 Å². The van der Waals surface area contributed by atoms with Gasteiger partial charge in [0.15, 0.2) is 0 Å². The summed E-state index contributed by atoms with van der Waals surface area (Å²) >= 11 is 0. The van der Waals surface area contributed by atoms with E-state index in [-0.39, 0.29) is 98.1 Å². The summed E-state index contributed by atoms with van der Waals surface area (Å²) in [5, 5.41) is 0. The van der Waals surface area contributed by atoms with Crippen molar-refractivity contribution in [3.63, 3.8) is 0 Å². The summed E-state index contributed by atoms with van der Waals surface area (Å²) in [4.78, 5) is 0. The van der Waals surface area contributed by atoms with Crippen molar-refractivity contribution < 1.29 is 98.1 Å². The molecule has 0 bridgehead atoms. The Kier molecular flexibility index (Phi) is 16.9. The maximum atomic E-state index is 5.53. The van der Waals surface area contributed by atoms with Gasteiger partial charge in [-0.15, -0.1) is 0 Å². The van der Waals surface area contributed by atoms with Gasteiger partial charge >= 0.3 is 0 Å². The first kappa shape index (κ1) is 20.1. The molecule has 0 N–H and O–H groups in total. The third-order valence-electron chi connectivity index (χ3n) is 1.53. The van der Waals surface area contributed by atoms with Crippen molar-refractivity contribution in [2.75, 3.05) is 0 Å². The van der Waals surface area contributed by atoms with E-state index in [4.69, 9.17) is 7.85 Å². The van der Waals surface area contributed by atoms with Gasteiger partial charge in [0.2, 0.25) is 0 Å². The molecule has 12 heavy (non-hydrogen) atoms. The van der Waals surface area contributed by atoms with Crippen LogP contribution in [0.1, 0.15) is 11.1 Å². The van der Waals surface area contributed by atoms with Gasteiger partial charge < -0.3 is 0 Å². The third kappa shape index (κ3) is 6.96. The maximum Gasteiger partial charge on any atom is 0.113 e. The first-order chi connectivity index (χ1) is 4.20. The maximum absolute atomic E-state index is 5.53. The molecule has 0 aliphatic carbocycles. The van der Waals surface area contributed by atoms with Crippen LogP contribution in [-0.2, 0) is 98.1 Å². The zero-order valence-corrected chi connectivity index (χ0v) is 16.1. The Bertz CT molecular complexity index is 226. The molecule has 5 radical (unpaired) electrons. The normalized spacial score (nSPS) is 7.17. The SMILES string of the molecule is [B]c1ccc(C)c(C)c1.[Y].[Y].[Y]. The molecule has 0 amide bonds. The van der Waals surface area contributed by atoms with E-state index < -0.39 is 0 Å². The van der Waals surface area contributed by atoms with E-state index in [2.05, 4.69) is 13.8 Å². The summed E-state index contributed by atoms with van der Waals surface area (Å²) in [6.07, 6.45) is 0. The molecule has 0 saturated heterocycles. The molecule has 0 atom stereocenters. The second-order valence-electron chi connectivity index (χ2n) is 2.34. The largest absolute Gasteiger partial charge is 0.113 e. The molecule has 0 unspecified atom stereocenters. The number of benzene rings is 1. The Morgan fingerprint density at radius 1 is 0.917 bits per heavy atom. The number of rotatable bonds is 0. The van der Waals surface area contributed by atoms with Crippen LogP contribution in [0.5, 0.6) is 0 Å². The molecule has 0 heterocycles. The first-order valence-electron chi connectivity index (χ1n) is 3.03. The molecular formula is C8H9BY3. The van der Waals surface area contributed by atoms with Gasteiger partial charge in [-0.3, -0.25) is 0 Å². The van der Waals surface area contributed by atoms with Gasteiger partial charge in [0, 0.05) is 98.1 Å². The van der Waals surface area contributed by atoms with Crippen LogP contribution in [0.15, 0.2) is 18.2 Å². The van der Waals surface area contributed by atoms with E-state index in [1.807, 2.05) is 18.2 Å². The van der Waals surface area contributed by atoms with E-state index in [9.17, 15) is 0 Å². The van der Waals surface area contributed by atoms with Crippen LogP contribution >= 0.6 is 0 Å². The van der Waals surface area contributed by atoms with Crippen molar-refractivity contribution in [1.29, 1.82) is 0 Å². The van der Waals surface area contributed by atoms with Gasteiger partial charge in [0.05, 0.1) is 0 Å². The summed E-state index contributed by atoms with van der Waals surface area (Å²) in [6, 6.07) is 5.93. The minimum Gasteiger partial charge on any atom is -0.0964 e. The second-order valence-corrected chi connectivity index (χ2v) is 2.34. The molecule has 0 aromatic heterocycles. The minimum absolute atomic E-state index is 0. The fourth-order valence-electron chi connectivity index (χ4n) is 0.765. The Hall–Kier alpha value is 2.60. The molecule has 0 fully saturated rings. The summed E-state index contributed by atoms with van der Waals surface area (Å²) in [7, 11) is 5.53. The average Bonchev–Trinajstić information content (AvgIpc) is 1.80. The van der Waals surface area contributed by atoms with E-state index in [0.29, 0.717) is 0 Å². The third-order valence-corrected chi connectivity index (χ3v) is 1.53. The van der Waals surface area contributed by atoms with Gasteiger partial charge in [0.1, 0.15) is 7.85 Å². The van der Waals surface area contributed by atoms with E-state index in [1.54, 1.807) is 0 Å². The molecule has 0 nitrogen and oxygen atoms in total. The smallest absolute Gasteiger partial charge is 0.0964 e. The Morgan fingerprint density at radius 3 is 1.75 bits per heavy atom. The zero-order valence-electron chi connectivity index (χ0n) is 7.54. The Morgan fingerprint density at radius 2 is 1.42 bits per heavy atom. The minimum atomic E-state index is 0. The van der Waals surface area contributed by atoms with Gasteiger partial charge in [-0.2, -0.15) is 0 Å². The summed E-state index contributed by atoms with van der Waals surface area (Å²) < 4.78 is 0. The molecule has 1 aromatic rings. The van der Waals surface area contributed by atoms with Crippen molar-refractivity contribution in [2.24, 2.45) is 0 Å². The van der Waals surface area contributed by atoms with Crippen LogP contribution in [0.2, 0.25) is 0 Å². The molecule has 0 aliphatic heterocycles. The van der Waals surface area contributed by atoms with Crippen molar-refractivity contribution in [2.45, 2.75) is 13.8 Å². The Labute approximate surface area is 151 Å². The second kappa shape index (κ2) is 10.1. The molecule has 1 rings (SSSR count). The van der Waals surface area contributed by atoms with Gasteiger partial charge in [-0.1, -0.05) is 23.7 Å². The molecule has 4 heteroatoms. The van der Waals surface area contributed by atoms with Crippen LogP contribution in [-0.4, -0.2) is 7.85 Å². The van der Waals surface area contributed by atoms with Gasteiger partial charge in [0.25, 0.3) is 0 Å². The predicted octanol–water partition coefficient (Wildman–Crippen LogP) is 1.09. The summed E-state index contributed by atoms with van der Waals surface area (Å²) in [6.45, 7) is 4.14. The van der Waals surface area contributed by atoms with Crippen LogP contribution in [0.4, 0.5) is 0 Å². The summed E-state index contributed by atoms with van der Waals surface area (Å²) in [5.74, 6) is 0. The van der Waals surface area contributed by atoms with Gasteiger partial charge in [-0.05, 0) is 25.0 Å². The van der Waals surface area contributed by atoms with Crippen LogP contribution < -0.4 is 5.46 Å². The van der Waals surface area contributed by atoms with E-state index >= 15 is 0 Å².